The van der Waals surface area contributed by atoms with Crippen molar-refractivity contribution in [2.24, 2.45) is 0 Å². The van der Waals surface area contributed by atoms with E-state index in [0.717, 1.165) is 5.56 Å². The average molecular weight is 367 g/mol. The molecular formula is C17H19ClN2O3S. The van der Waals surface area contributed by atoms with E-state index in [4.69, 9.17) is 4.42 Å². The van der Waals surface area contributed by atoms with E-state index in [1.165, 1.54) is 17.6 Å². The lowest BCUT2D eigenvalue weighted by Gasteiger charge is -2.15. The predicted octanol–water partition coefficient (Wildman–Crippen LogP) is 3.67. The molecule has 2 aromatic heterocycles. The van der Waals surface area contributed by atoms with Crippen LogP contribution in [0, 0.1) is 0 Å². The zero-order valence-corrected chi connectivity index (χ0v) is 15.3. The zero-order chi connectivity index (χ0) is 16.6. The molecule has 0 bridgehead atoms. The highest BCUT2D eigenvalue weighted by atomic mass is 35.5. The van der Waals surface area contributed by atoms with Gasteiger partial charge in [-0.3, -0.25) is 4.79 Å². The Morgan fingerprint density at radius 3 is 2.71 bits per heavy atom. The summed E-state index contributed by atoms with van der Waals surface area (Å²) in [6, 6.07) is 1.73. The molecule has 3 aromatic rings. The maximum Gasteiger partial charge on any atom is 0.202 e. The van der Waals surface area contributed by atoms with Gasteiger partial charge < -0.3 is 14.4 Å². The van der Waals surface area contributed by atoms with Gasteiger partial charge in [0, 0.05) is 11.9 Å². The lowest BCUT2D eigenvalue weighted by molar-refractivity contribution is 0.382. The highest BCUT2D eigenvalue weighted by Crippen LogP contribution is 2.32. The van der Waals surface area contributed by atoms with Crippen molar-refractivity contribution in [2.45, 2.75) is 19.9 Å². The van der Waals surface area contributed by atoms with Crippen molar-refractivity contribution in [1.82, 2.24) is 9.88 Å². The van der Waals surface area contributed by atoms with E-state index in [0.29, 0.717) is 40.8 Å². The number of phenolic OH excluding ortho intramolecular Hbond substituents is 1. The van der Waals surface area contributed by atoms with Crippen LogP contribution in [0.2, 0.25) is 0 Å². The Labute approximate surface area is 150 Å². The Bertz CT molecular complexity index is 904. The summed E-state index contributed by atoms with van der Waals surface area (Å²) in [6.45, 7) is 2.45. The van der Waals surface area contributed by atoms with Gasteiger partial charge in [-0.15, -0.1) is 23.7 Å². The second-order valence-corrected chi connectivity index (χ2v) is 6.40. The molecule has 0 saturated heterocycles. The smallest absolute Gasteiger partial charge is 0.202 e. The Hall–Kier alpha value is -1.89. The van der Waals surface area contributed by atoms with E-state index >= 15 is 0 Å². The van der Waals surface area contributed by atoms with Gasteiger partial charge in [0.2, 0.25) is 5.43 Å². The summed E-state index contributed by atoms with van der Waals surface area (Å²) >= 11 is 1.43. The van der Waals surface area contributed by atoms with E-state index in [1.54, 1.807) is 11.6 Å². The Morgan fingerprint density at radius 2 is 2.12 bits per heavy atom. The van der Waals surface area contributed by atoms with Gasteiger partial charge in [-0.25, -0.2) is 4.98 Å². The second-order valence-electron chi connectivity index (χ2n) is 5.68. The van der Waals surface area contributed by atoms with Crippen LogP contribution in [0.5, 0.6) is 5.75 Å². The number of hydrogen-bond acceptors (Lipinski definition) is 6. The number of aryl methyl sites for hydroxylation is 1. The number of thiazole rings is 1. The molecule has 7 heteroatoms. The third-order valence-electron chi connectivity index (χ3n) is 3.77. The largest absolute Gasteiger partial charge is 0.507 e. The summed E-state index contributed by atoms with van der Waals surface area (Å²) in [7, 11) is 3.82. The van der Waals surface area contributed by atoms with Crippen molar-refractivity contribution in [3.05, 3.63) is 44.6 Å². The molecule has 0 aliphatic heterocycles. The lowest BCUT2D eigenvalue weighted by Crippen LogP contribution is -2.13. The normalized spacial score (nSPS) is 11.0. The number of halogens is 1. The number of benzene rings is 1. The number of fused-ring (bicyclic) bond motifs is 1. The predicted molar refractivity (Wildman–Crippen MR) is 99.3 cm³/mol. The minimum Gasteiger partial charge on any atom is -0.507 e. The van der Waals surface area contributed by atoms with E-state index in [-0.39, 0.29) is 23.6 Å². The van der Waals surface area contributed by atoms with Crippen LogP contribution < -0.4 is 5.43 Å². The van der Waals surface area contributed by atoms with Crippen LogP contribution in [0.3, 0.4) is 0 Å². The minimum absolute atomic E-state index is 0. The Kier molecular flexibility index (Phi) is 5.64. The molecule has 5 nitrogen and oxygen atoms in total. The summed E-state index contributed by atoms with van der Waals surface area (Å²) in [4.78, 5) is 19.0. The molecular weight excluding hydrogens is 348 g/mol. The Morgan fingerprint density at radius 1 is 1.38 bits per heavy atom. The molecule has 0 spiro atoms. The van der Waals surface area contributed by atoms with E-state index in [9.17, 15) is 9.90 Å². The van der Waals surface area contributed by atoms with Crippen LogP contribution in [0.1, 0.15) is 18.1 Å². The van der Waals surface area contributed by atoms with Crippen molar-refractivity contribution in [2.75, 3.05) is 14.1 Å². The van der Waals surface area contributed by atoms with Crippen molar-refractivity contribution in [1.29, 1.82) is 0 Å². The van der Waals surface area contributed by atoms with Gasteiger partial charge in [0.1, 0.15) is 17.6 Å². The van der Waals surface area contributed by atoms with Crippen LogP contribution in [-0.2, 0) is 13.0 Å². The standard InChI is InChI=1S/C17H18N2O3S.ClH/c1-4-10-5-11-16(21)13(14-8-23-9-18-14)7-22-17(11)12(15(10)20)6-19(2)3;/h5,7-9,20H,4,6H2,1-3H3;1H. The summed E-state index contributed by atoms with van der Waals surface area (Å²) in [6.07, 6.45) is 2.08. The fourth-order valence-corrected chi connectivity index (χ4v) is 3.20. The van der Waals surface area contributed by atoms with Gasteiger partial charge in [-0.05, 0) is 32.1 Å². The number of rotatable bonds is 4. The van der Waals surface area contributed by atoms with E-state index in [2.05, 4.69) is 4.98 Å². The molecule has 0 fully saturated rings. The molecule has 0 unspecified atom stereocenters. The molecule has 0 aliphatic rings. The molecule has 0 radical (unpaired) electrons. The van der Waals surface area contributed by atoms with E-state index < -0.39 is 0 Å². The summed E-state index contributed by atoms with van der Waals surface area (Å²) in [5.41, 5.74) is 4.46. The van der Waals surface area contributed by atoms with Crippen LogP contribution >= 0.6 is 23.7 Å². The zero-order valence-electron chi connectivity index (χ0n) is 13.7. The monoisotopic (exact) mass is 366 g/mol. The maximum atomic E-state index is 12.9. The van der Waals surface area contributed by atoms with Gasteiger partial charge in [-0.1, -0.05) is 6.92 Å². The van der Waals surface area contributed by atoms with Crippen molar-refractivity contribution in [3.63, 3.8) is 0 Å². The highest BCUT2D eigenvalue weighted by Gasteiger charge is 2.19. The number of aromatic nitrogens is 1. The van der Waals surface area contributed by atoms with Crippen LogP contribution in [0.15, 0.2) is 32.4 Å². The summed E-state index contributed by atoms with van der Waals surface area (Å²) in [5, 5.41) is 12.8. The fourth-order valence-electron chi connectivity index (χ4n) is 2.65. The van der Waals surface area contributed by atoms with Gasteiger partial charge in [0.15, 0.2) is 0 Å². The molecule has 2 heterocycles. The first-order chi connectivity index (χ1) is 11.0. The molecule has 3 rings (SSSR count). The maximum absolute atomic E-state index is 12.9. The third-order valence-corrected chi connectivity index (χ3v) is 4.36. The molecule has 1 N–H and O–H groups in total. The first kappa shape index (κ1) is 18.4. The molecule has 0 amide bonds. The van der Waals surface area contributed by atoms with Crippen molar-refractivity contribution in [3.8, 4) is 17.0 Å². The van der Waals surface area contributed by atoms with Gasteiger partial charge in [-0.2, -0.15) is 0 Å². The number of aromatic hydroxyl groups is 1. The topological polar surface area (TPSA) is 66.6 Å². The molecule has 128 valence electrons. The second kappa shape index (κ2) is 7.34. The quantitative estimate of drug-likeness (QED) is 0.763. The minimum atomic E-state index is -0.119. The van der Waals surface area contributed by atoms with Gasteiger partial charge >= 0.3 is 0 Å². The molecule has 0 atom stereocenters. The number of hydrogen-bond donors (Lipinski definition) is 1. The molecule has 0 aliphatic carbocycles. The number of phenols is 1. The summed E-state index contributed by atoms with van der Waals surface area (Å²) < 4.78 is 5.74. The van der Waals surface area contributed by atoms with Crippen molar-refractivity contribution < 1.29 is 9.52 Å². The third kappa shape index (κ3) is 3.17. The van der Waals surface area contributed by atoms with Gasteiger partial charge in [0.05, 0.1) is 27.7 Å². The van der Waals surface area contributed by atoms with Crippen LogP contribution in [-0.4, -0.2) is 29.1 Å². The highest BCUT2D eigenvalue weighted by molar-refractivity contribution is 7.07. The lowest BCUT2D eigenvalue weighted by atomic mass is 10.0. The average Bonchev–Trinajstić information content (AvgIpc) is 3.04. The summed E-state index contributed by atoms with van der Waals surface area (Å²) in [5.74, 6) is 0.207. The van der Waals surface area contributed by atoms with Crippen molar-refractivity contribution >= 4 is 34.7 Å². The first-order valence-electron chi connectivity index (χ1n) is 7.35. The van der Waals surface area contributed by atoms with Gasteiger partial charge in [0.25, 0.3) is 0 Å². The fraction of sp³-hybridized carbons (Fsp3) is 0.294. The van der Waals surface area contributed by atoms with Crippen LogP contribution in [0.25, 0.3) is 22.2 Å². The van der Waals surface area contributed by atoms with Crippen LogP contribution in [0.4, 0.5) is 0 Å². The first-order valence-corrected chi connectivity index (χ1v) is 8.29. The molecule has 24 heavy (non-hydrogen) atoms. The van der Waals surface area contributed by atoms with E-state index in [1.807, 2.05) is 31.3 Å². The molecule has 0 saturated carbocycles. The SMILES string of the molecule is CCc1cc2c(=O)c(-c3cscn3)coc2c(CN(C)C)c1O.Cl. The molecule has 1 aromatic carbocycles. The Balaban J connectivity index is 0.00000208. The number of nitrogens with zero attached hydrogens (tertiary/aromatic N) is 2.